The summed E-state index contributed by atoms with van der Waals surface area (Å²) in [6.07, 6.45) is 0. The predicted octanol–water partition coefficient (Wildman–Crippen LogP) is 5.64. The Hall–Kier alpha value is -4.71. The summed E-state index contributed by atoms with van der Waals surface area (Å²) in [6, 6.07) is 28.3. The molecule has 1 amide bonds. The van der Waals surface area contributed by atoms with E-state index in [1.54, 1.807) is 37.3 Å². The summed E-state index contributed by atoms with van der Waals surface area (Å²) in [4.78, 5) is 40.0. The SMILES string of the molecule is CCOC(=O)c1ccc(CN2C(=O)C(=O)/C(=C(\O)c3ccc4ccccc4c3)C2c2ccccc2)cc1. The summed E-state index contributed by atoms with van der Waals surface area (Å²) >= 11 is 0. The number of amides is 1. The van der Waals surface area contributed by atoms with Gasteiger partial charge in [0.1, 0.15) is 5.76 Å². The zero-order valence-corrected chi connectivity index (χ0v) is 20.3. The molecule has 4 aromatic carbocycles. The quantitative estimate of drug-likeness (QED) is 0.163. The second-order valence-electron chi connectivity index (χ2n) is 8.82. The van der Waals surface area contributed by atoms with Crippen LogP contribution in [-0.4, -0.2) is 34.3 Å². The van der Waals surface area contributed by atoms with Crippen LogP contribution in [0.25, 0.3) is 16.5 Å². The number of ketones is 1. The van der Waals surface area contributed by atoms with E-state index in [9.17, 15) is 19.5 Å². The molecule has 0 saturated carbocycles. The van der Waals surface area contributed by atoms with Gasteiger partial charge in [0.2, 0.25) is 0 Å². The lowest BCUT2D eigenvalue weighted by atomic mass is 9.94. The monoisotopic (exact) mass is 491 g/mol. The highest BCUT2D eigenvalue weighted by Gasteiger charge is 2.46. The lowest BCUT2D eigenvalue weighted by Gasteiger charge is -2.25. The molecule has 1 saturated heterocycles. The third-order valence-corrected chi connectivity index (χ3v) is 6.50. The number of ether oxygens (including phenoxy) is 1. The summed E-state index contributed by atoms with van der Waals surface area (Å²) < 4.78 is 5.03. The summed E-state index contributed by atoms with van der Waals surface area (Å²) in [7, 11) is 0. The first-order valence-electron chi connectivity index (χ1n) is 12.1. The molecule has 4 aromatic rings. The van der Waals surface area contributed by atoms with Crippen molar-refractivity contribution < 1.29 is 24.2 Å². The predicted molar refractivity (Wildman–Crippen MR) is 141 cm³/mol. The molecule has 0 spiro atoms. The zero-order chi connectivity index (χ0) is 25.9. The van der Waals surface area contributed by atoms with Gasteiger partial charge in [0, 0.05) is 12.1 Å². The number of likely N-dealkylation sites (tertiary alicyclic amines) is 1. The van der Waals surface area contributed by atoms with Crippen LogP contribution in [0.3, 0.4) is 0 Å². The van der Waals surface area contributed by atoms with Crippen molar-refractivity contribution in [2.24, 2.45) is 0 Å². The van der Waals surface area contributed by atoms with Gasteiger partial charge in [-0.15, -0.1) is 0 Å². The smallest absolute Gasteiger partial charge is 0.338 e. The van der Waals surface area contributed by atoms with Gasteiger partial charge in [0.25, 0.3) is 11.7 Å². The first-order chi connectivity index (χ1) is 18.0. The van der Waals surface area contributed by atoms with Crippen LogP contribution < -0.4 is 0 Å². The maximum Gasteiger partial charge on any atom is 0.338 e. The van der Waals surface area contributed by atoms with E-state index >= 15 is 0 Å². The van der Waals surface area contributed by atoms with Crippen LogP contribution in [0, 0.1) is 0 Å². The fourth-order valence-corrected chi connectivity index (χ4v) is 4.67. The fraction of sp³-hybridized carbons (Fsp3) is 0.129. The molecular formula is C31H25NO5. The van der Waals surface area contributed by atoms with Crippen molar-refractivity contribution in [2.75, 3.05) is 6.61 Å². The van der Waals surface area contributed by atoms with E-state index in [1.165, 1.54) is 4.90 Å². The molecule has 1 aliphatic rings. The number of rotatable bonds is 6. The molecular weight excluding hydrogens is 466 g/mol. The molecule has 5 rings (SSSR count). The summed E-state index contributed by atoms with van der Waals surface area (Å²) in [5.74, 6) is -2.06. The number of benzene rings is 4. The van der Waals surface area contributed by atoms with E-state index in [0.29, 0.717) is 16.7 Å². The zero-order valence-electron chi connectivity index (χ0n) is 20.3. The van der Waals surface area contributed by atoms with E-state index < -0.39 is 23.7 Å². The molecule has 1 atom stereocenters. The highest BCUT2D eigenvalue weighted by molar-refractivity contribution is 6.46. The van der Waals surface area contributed by atoms with Crippen molar-refractivity contribution in [1.29, 1.82) is 0 Å². The van der Waals surface area contributed by atoms with Crippen molar-refractivity contribution in [3.63, 3.8) is 0 Å². The minimum atomic E-state index is -0.766. The molecule has 1 heterocycles. The number of carbonyl (C=O) groups is 3. The molecule has 1 N–H and O–H groups in total. The number of aliphatic hydroxyl groups is 1. The van der Waals surface area contributed by atoms with Gasteiger partial charge in [-0.25, -0.2) is 4.79 Å². The van der Waals surface area contributed by atoms with Gasteiger partial charge in [-0.2, -0.15) is 0 Å². The van der Waals surface area contributed by atoms with Crippen LogP contribution in [0.2, 0.25) is 0 Å². The molecule has 0 bridgehead atoms. The summed E-state index contributed by atoms with van der Waals surface area (Å²) in [6.45, 7) is 2.14. The maximum absolute atomic E-state index is 13.3. The average Bonchev–Trinajstić information content (AvgIpc) is 3.18. The van der Waals surface area contributed by atoms with Crippen LogP contribution in [0.4, 0.5) is 0 Å². The standard InChI is InChI=1S/C31H25NO5/c1-2-37-31(36)23-14-12-20(13-15-23)19-32-27(22-9-4-3-5-10-22)26(29(34)30(32)35)28(33)25-17-16-21-8-6-7-11-24(21)18-25/h3-18,27,33H,2,19H2,1H3/b28-26-. The van der Waals surface area contributed by atoms with Crippen molar-refractivity contribution in [3.05, 3.63) is 125 Å². The molecule has 1 fully saturated rings. The lowest BCUT2D eigenvalue weighted by molar-refractivity contribution is -0.140. The van der Waals surface area contributed by atoms with Gasteiger partial charge in [0.15, 0.2) is 0 Å². The van der Waals surface area contributed by atoms with Gasteiger partial charge in [-0.05, 0) is 47.0 Å². The van der Waals surface area contributed by atoms with Crippen LogP contribution in [0.5, 0.6) is 0 Å². The maximum atomic E-state index is 13.3. The second-order valence-corrected chi connectivity index (χ2v) is 8.82. The molecule has 1 aliphatic heterocycles. The summed E-state index contributed by atoms with van der Waals surface area (Å²) in [5, 5.41) is 13.3. The topological polar surface area (TPSA) is 83.9 Å². The van der Waals surface area contributed by atoms with E-state index in [4.69, 9.17) is 4.74 Å². The van der Waals surface area contributed by atoms with Crippen molar-refractivity contribution in [1.82, 2.24) is 4.90 Å². The van der Waals surface area contributed by atoms with Crippen LogP contribution in [0.1, 0.15) is 40.0 Å². The number of esters is 1. The average molecular weight is 492 g/mol. The van der Waals surface area contributed by atoms with Crippen LogP contribution >= 0.6 is 0 Å². The molecule has 1 unspecified atom stereocenters. The number of hydrogen-bond acceptors (Lipinski definition) is 5. The highest BCUT2D eigenvalue weighted by Crippen LogP contribution is 2.40. The Morgan fingerprint density at radius 2 is 1.49 bits per heavy atom. The van der Waals surface area contributed by atoms with E-state index in [2.05, 4.69) is 0 Å². The Labute approximate surface area is 214 Å². The number of aliphatic hydroxyl groups excluding tert-OH is 1. The Balaban J connectivity index is 1.56. The molecule has 0 radical (unpaired) electrons. The normalized spacial score (nSPS) is 16.8. The Morgan fingerprint density at radius 3 is 2.19 bits per heavy atom. The highest BCUT2D eigenvalue weighted by atomic mass is 16.5. The van der Waals surface area contributed by atoms with Crippen LogP contribution in [0.15, 0.2) is 103 Å². The molecule has 37 heavy (non-hydrogen) atoms. The molecule has 0 aliphatic carbocycles. The first-order valence-corrected chi connectivity index (χ1v) is 12.1. The number of Topliss-reactive ketones (excluding diaryl/α,β-unsaturated/α-hetero) is 1. The van der Waals surface area contributed by atoms with Crippen molar-refractivity contribution in [3.8, 4) is 0 Å². The van der Waals surface area contributed by atoms with Gasteiger partial charge in [-0.1, -0.05) is 78.9 Å². The number of nitrogens with zero attached hydrogens (tertiary/aromatic N) is 1. The molecule has 6 heteroatoms. The lowest BCUT2D eigenvalue weighted by Crippen LogP contribution is -2.29. The van der Waals surface area contributed by atoms with E-state index in [0.717, 1.165) is 16.3 Å². The Kier molecular flexibility index (Phi) is 6.56. The summed E-state index contributed by atoms with van der Waals surface area (Å²) in [5.41, 5.74) is 2.38. The first kappa shape index (κ1) is 24.0. The molecule has 6 nitrogen and oxygen atoms in total. The molecule has 184 valence electrons. The third kappa shape index (κ3) is 4.61. The van der Waals surface area contributed by atoms with Gasteiger partial charge < -0.3 is 14.7 Å². The minimum Gasteiger partial charge on any atom is -0.507 e. The fourth-order valence-electron chi connectivity index (χ4n) is 4.67. The van der Waals surface area contributed by atoms with E-state index in [1.807, 2.05) is 66.7 Å². The van der Waals surface area contributed by atoms with Crippen molar-refractivity contribution >= 4 is 34.2 Å². The Bertz CT molecular complexity index is 1520. The van der Waals surface area contributed by atoms with Crippen LogP contribution in [-0.2, 0) is 20.9 Å². The number of hydrogen-bond donors (Lipinski definition) is 1. The third-order valence-electron chi connectivity index (χ3n) is 6.50. The van der Waals surface area contributed by atoms with Gasteiger partial charge in [0.05, 0.1) is 23.8 Å². The molecule has 0 aromatic heterocycles. The van der Waals surface area contributed by atoms with Gasteiger partial charge >= 0.3 is 5.97 Å². The van der Waals surface area contributed by atoms with E-state index in [-0.39, 0.29) is 24.5 Å². The number of carbonyl (C=O) groups excluding carboxylic acids is 3. The second kappa shape index (κ2) is 10.1. The largest absolute Gasteiger partial charge is 0.507 e. The van der Waals surface area contributed by atoms with Gasteiger partial charge in [-0.3, -0.25) is 9.59 Å². The number of fused-ring (bicyclic) bond motifs is 1. The minimum absolute atomic E-state index is 0.0506. The Morgan fingerprint density at radius 1 is 0.838 bits per heavy atom. The van der Waals surface area contributed by atoms with Crippen molar-refractivity contribution in [2.45, 2.75) is 19.5 Å².